The van der Waals surface area contributed by atoms with E-state index < -0.39 is 0 Å². The molecule has 186 valence electrons. The van der Waals surface area contributed by atoms with Gasteiger partial charge in [0.05, 0.1) is 26.0 Å². The van der Waals surface area contributed by atoms with Gasteiger partial charge in [-0.3, -0.25) is 19.6 Å². The maximum Gasteiger partial charge on any atom is 0.234 e. The van der Waals surface area contributed by atoms with Crippen molar-refractivity contribution in [3.05, 3.63) is 24.2 Å². The van der Waals surface area contributed by atoms with Crippen LogP contribution >= 0.6 is 24.0 Å². The van der Waals surface area contributed by atoms with E-state index >= 15 is 0 Å². The molecule has 0 aromatic carbocycles. The molecule has 3 aliphatic rings. The number of nitrogens with zero attached hydrogens (tertiary/aromatic N) is 4. The molecule has 3 heterocycles. The molecule has 4 rings (SSSR count). The smallest absolute Gasteiger partial charge is 0.234 e. The van der Waals surface area contributed by atoms with Gasteiger partial charge < -0.3 is 24.7 Å². The summed E-state index contributed by atoms with van der Waals surface area (Å²) in [7, 11) is 0. The van der Waals surface area contributed by atoms with Gasteiger partial charge in [0.15, 0.2) is 5.96 Å². The fourth-order valence-electron chi connectivity index (χ4n) is 4.15. The number of rotatable bonds is 10. The molecule has 1 amide bonds. The molecule has 1 aromatic rings. The monoisotopic (exact) mass is 574 g/mol. The van der Waals surface area contributed by atoms with Gasteiger partial charge in [-0.25, -0.2) is 0 Å². The zero-order valence-electron chi connectivity index (χ0n) is 19.5. The molecule has 0 spiro atoms. The van der Waals surface area contributed by atoms with Crippen molar-refractivity contribution in [2.24, 2.45) is 4.99 Å². The van der Waals surface area contributed by atoms with Gasteiger partial charge in [0.25, 0.3) is 0 Å². The number of carbonyl (C=O) groups is 1. The van der Waals surface area contributed by atoms with Crippen molar-refractivity contribution >= 4 is 35.8 Å². The van der Waals surface area contributed by atoms with Crippen LogP contribution in [0.2, 0.25) is 0 Å². The van der Waals surface area contributed by atoms with Crippen LogP contribution in [0.25, 0.3) is 0 Å². The fourth-order valence-corrected chi connectivity index (χ4v) is 4.15. The van der Waals surface area contributed by atoms with Crippen LogP contribution in [-0.2, 0) is 16.0 Å². The van der Waals surface area contributed by atoms with Crippen LogP contribution in [0.15, 0.2) is 27.8 Å². The van der Waals surface area contributed by atoms with Crippen molar-refractivity contribution in [1.29, 1.82) is 0 Å². The lowest BCUT2D eigenvalue weighted by atomic mass is 10.3. The van der Waals surface area contributed by atoms with E-state index in [-0.39, 0.29) is 29.9 Å². The Morgan fingerprint density at radius 3 is 2.58 bits per heavy atom. The van der Waals surface area contributed by atoms with Crippen molar-refractivity contribution in [1.82, 2.24) is 25.3 Å². The SMILES string of the molecule is I.O=C(CN1CCN(C(=NCCCN2CCOCC2)NCCc2ccco2)CC1)NC1CC1. The van der Waals surface area contributed by atoms with Crippen LogP contribution < -0.4 is 10.6 Å². The van der Waals surface area contributed by atoms with Gasteiger partial charge in [0, 0.05) is 71.4 Å². The average Bonchev–Trinajstić information content (AvgIpc) is 3.47. The van der Waals surface area contributed by atoms with Gasteiger partial charge in [0.2, 0.25) is 5.91 Å². The molecule has 2 saturated heterocycles. The standard InChI is InChI=1S/C23H38N6O3.HI/c30-22(26-20-4-5-20)19-28-10-12-29(13-11-28)23(25-8-6-21-3-1-16-32-21)24-7-2-9-27-14-17-31-18-15-27;/h1,3,16,20H,2,4-15,17-19H2,(H,24,25)(H,26,30);1H. The van der Waals surface area contributed by atoms with Crippen LogP contribution in [0, 0.1) is 0 Å². The summed E-state index contributed by atoms with van der Waals surface area (Å²) in [6, 6.07) is 4.36. The van der Waals surface area contributed by atoms with Gasteiger partial charge in [0.1, 0.15) is 5.76 Å². The number of piperazine rings is 1. The average molecular weight is 575 g/mol. The van der Waals surface area contributed by atoms with Gasteiger partial charge >= 0.3 is 0 Å². The molecule has 2 N–H and O–H groups in total. The van der Waals surface area contributed by atoms with Crippen molar-refractivity contribution in [2.45, 2.75) is 31.7 Å². The summed E-state index contributed by atoms with van der Waals surface area (Å²) in [5.74, 6) is 2.12. The highest BCUT2D eigenvalue weighted by Crippen LogP contribution is 2.18. The molecule has 33 heavy (non-hydrogen) atoms. The number of hydrogen-bond acceptors (Lipinski definition) is 6. The van der Waals surface area contributed by atoms with Gasteiger partial charge in [-0.15, -0.1) is 24.0 Å². The van der Waals surface area contributed by atoms with Crippen molar-refractivity contribution in [3.8, 4) is 0 Å². The lowest BCUT2D eigenvalue weighted by Gasteiger charge is -2.36. The van der Waals surface area contributed by atoms with Gasteiger partial charge in [-0.1, -0.05) is 0 Å². The van der Waals surface area contributed by atoms with E-state index in [2.05, 4.69) is 25.3 Å². The number of hydrogen-bond donors (Lipinski definition) is 2. The van der Waals surface area contributed by atoms with E-state index in [4.69, 9.17) is 14.1 Å². The van der Waals surface area contributed by atoms with Crippen LogP contribution in [0.5, 0.6) is 0 Å². The minimum atomic E-state index is 0. The summed E-state index contributed by atoms with van der Waals surface area (Å²) >= 11 is 0. The van der Waals surface area contributed by atoms with E-state index in [0.717, 1.165) is 110 Å². The van der Waals surface area contributed by atoms with Gasteiger partial charge in [-0.05, 0) is 31.4 Å². The number of nitrogens with one attached hydrogen (secondary N) is 2. The summed E-state index contributed by atoms with van der Waals surface area (Å²) in [6.45, 7) is 10.4. The number of halogens is 1. The lowest BCUT2D eigenvalue weighted by Crippen LogP contribution is -2.54. The normalized spacial score (nSPS) is 20.4. The zero-order valence-corrected chi connectivity index (χ0v) is 21.9. The molecule has 1 aliphatic carbocycles. The summed E-state index contributed by atoms with van der Waals surface area (Å²) in [6.07, 6.45) is 5.86. The lowest BCUT2D eigenvalue weighted by molar-refractivity contribution is -0.122. The number of morpholine rings is 1. The fraction of sp³-hybridized carbons (Fsp3) is 0.739. The molecule has 0 unspecified atom stereocenters. The second-order valence-electron chi connectivity index (χ2n) is 8.87. The van der Waals surface area contributed by atoms with E-state index in [1.165, 1.54) is 0 Å². The molecule has 0 bridgehead atoms. The molecule has 1 saturated carbocycles. The van der Waals surface area contributed by atoms with E-state index in [1.54, 1.807) is 6.26 Å². The Hall–Kier alpha value is -1.37. The number of furan rings is 1. The quantitative estimate of drug-likeness (QED) is 0.187. The number of aliphatic imine (C=N–C) groups is 1. The first kappa shape index (κ1) is 26.2. The molecule has 9 nitrogen and oxygen atoms in total. The predicted octanol–water partition coefficient (Wildman–Crippen LogP) is 1.00. The third kappa shape index (κ3) is 9.42. The Labute approximate surface area is 214 Å². The van der Waals surface area contributed by atoms with Crippen LogP contribution in [-0.4, -0.2) is 111 Å². The summed E-state index contributed by atoms with van der Waals surface area (Å²) in [4.78, 5) is 24.1. The first-order valence-corrected chi connectivity index (χ1v) is 12.1. The van der Waals surface area contributed by atoms with Crippen LogP contribution in [0.4, 0.5) is 0 Å². The van der Waals surface area contributed by atoms with Crippen molar-refractivity contribution in [3.63, 3.8) is 0 Å². The predicted molar refractivity (Wildman–Crippen MR) is 139 cm³/mol. The Morgan fingerprint density at radius 2 is 1.88 bits per heavy atom. The second kappa shape index (κ2) is 14.1. The Kier molecular flexibility index (Phi) is 11.2. The maximum atomic E-state index is 12.1. The first-order chi connectivity index (χ1) is 15.8. The zero-order chi connectivity index (χ0) is 22.0. The highest BCUT2D eigenvalue weighted by molar-refractivity contribution is 14.0. The third-order valence-corrected chi connectivity index (χ3v) is 6.21. The number of amides is 1. The topological polar surface area (TPSA) is 85.6 Å². The number of guanidine groups is 1. The molecular formula is C23H39IN6O3. The highest BCUT2D eigenvalue weighted by Gasteiger charge is 2.26. The van der Waals surface area contributed by atoms with Crippen LogP contribution in [0.3, 0.4) is 0 Å². The van der Waals surface area contributed by atoms with Crippen LogP contribution in [0.1, 0.15) is 25.0 Å². The molecule has 10 heteroatoms. The Balaban J connectivity index is 0.00000306. The summed E-state index contributed by atoms with van der Waals surface area (Å²) < 4.78 is 10.9. The molecule has 2 aliphatic heterocycles. The minimum Gasteiger partial charge on any atom is -0.469 e. The number of carbonyl (C=O) groups excluding carboxylic acids is 1. The third-order valence-electron chi connectivity index (χ3n) is 6.21. The molecule has 3 fully saturated rings. The summed E-state index contributed by atoms with van der Waals surface area (Å²) in [5, 5.41) is 6.63. The Morgan fingerprint density at radius 1 is 1.09 bits per heavy atom. The molecule has 0 radical (unpaired) electrons. The largest absolute Gasteiger partial charge is 0.469 e. The van der Waals surface area contributed by atoms with E-state index in [0.29, 0.717) is 12.6 Å². The highest BCUT2D eigenvalue weighted by atomic mass is 127. The molecule has 0 atom stereocenters. The molecular weight excluding hydrogens is 535 g/mol. The maximum absolute atomic E-state index is 12.1. The van der Waals surface area contributed by atoms with Gasteiger partial charge in [-0.2, -0.15) is 0 Å². The number of ether oxygens (including phenoxy) is 1. The minimum absolute atomic E-state index is 0. The first-order valence-electron chi connectivity index (χ1n) is 12.1. The summed E-state index contributed by atoms with van der Waals surface area (Å²) in [5.41, 5.74) is 0. The van der Waals surface area contributed by atoms with E-state index in [9.17, 15) is 4.79 Å². The molecule has 1 aromatic heterocycles. The van der Waals surface area contributed by atoms with Crippen molar-refractivity contribution in [2.75, 3.05) is 78.7 Å². The Bertz CT molecular complexity index is 714. The van der Waals surface area contributed by atoms with Crippen molar-refractivity contribution < 1.29 is 13.9 Å². The second-order valence-corrected chi connectivity index (χ2v) is 8.87. The van der Waals surface area contributed by atoms with E-state index in [1.807, 2.05) is 12.1 Å².